The number of para-hydroxylation sites is 1. The van der Waals surface area contributed by atoms with Gasteiger partial charge in [0.05, 0.1) is 12.6 Å². The summed E-state index contributed by atoms with van der Waals surface area (Å²) in [5.74, 6) is -1.03. The Labute approximate surface area is 245 Å². The second-order valence-corrected chi connectivity index (χ2v) is 11.5. The van der Waals surface area contributed by atoms with Gasteiger partial charge in [-0.3, -0.25) is 9.59 Å². The molecule has 0 spiro atoms. The third-order valence-electron chi connectivity index (χ3n) is 8.64. The highest BCUT2D eigenvalue weighted by molar-refractivity contribution is 5.96. The summed E-state index contributed by atoms with van der Waals surface area (Å²) in [7, 11) is 0. The largest absolute Gasteiger partial charge is 0.464 e. The quantitative estimate of drug-likeness (QED) is 0.352. The van der Waals surface area contributed by atoms with Crippen molar-refractivity contribution in [2.24, 2.45) is 5.92 Å². The molecule has 1 aliphatic carbocycles. The number of fused-ring (bicyclic) bond motifs is 3. The van der Waals surface area contributed by atoms with Gasteiger partial charge in [0.1, 0.15) is 28.7 Å². The van der Waals surface area contributed by atoms with E-state index in [9.17, 15) is 14.4 Å². The number of carbonyl (C=O) groups is 3. The number of esters is 1. The van der Waals surface area contributed by atoms with E-state index in [1.807, 2.05) is 60.7 Å². The summed E-state index contributed by atoms with van der Waals surface area (Å²) >= 11 is 0. The van der Waals surface area contributed by atoms with Crippen molar-refractivity contribution in [1.82, 2.24) is 25.2 Å². The Morgan fingerprint density at radius 1 is 1.05 bits per heavy atom. The van der Waals surface area contributed by atoms with Crippen molar-refractivity contribution < 1.29 is 19.1 Å². The van der Waals surface area contributed by atoms with Crippen molar-refractivity contribution >= 4 is 34.5 Å². The van der Waals surface area contributed by atoms with Gasteiger partial charge in [0, 0.05) is 24.6 Å². The van der Waals surface area contributed by atoms with E-state index in [4.69, 9.17) is 4.74 Å². The molecule has 220 valence electrons. The minimum Gasteiger partial charge on any atom is -0.464 e. The zero-order valence-corrected chi connectivity index (χ0v) is 23.9. The second-order valence-electron chi connectivity index (χ2n) is 11.5. The van der Waals surface area contributed by atoms with E-state index in [2.05, 4.69) is 26.9 Å². The van der Waals surface area contributed by atoms with Crippen molar-refractivity contribution in [3.63, 3.8) is 0 Å². The zero-order chi connectivity index (χ0) is 29.1. The fourth-order valence-corrected chi connectivity index (χ4v) is 6.27. The summed E-state index contributed by atoms with van der Waals surface area (Å²) in [6.07, 6.45) is 9.35. The molecule has 5 atom stereocenters. The van der Waals surface area contributed by atoms with Crippen molar-refractivity contribution in [3.8, 4) is 0 Å². The zero-order valence-electron chi connectivity index (χ0n) is 23.9. The maximum atomic E-state index is 14.3. The molecule has 0 unspecified atom stereocenters. The van der Waals surface area contributed by atoms with E-state index >= 15 is 0 Å². The van der Waals surface area contributed by atoms with E-state index < -0.39 is 23.6 Å². The van der Waals surface area contributed by atoms with Crippen LogP contribution in [0.2, 0.25) is 0 Å². The standard InChI is InChI=1S/C32H38N6O4/c1-2-42-31(41)32-20-22(32)13-7-4-3-5-10-18-27(33-23-14-8-6-9-15-23)30(40)37-21-24(19-28(37)29(39)34-32)38-35-25-16-11-12-17-26(25)36-38/h6-9,11-17,22,24,27-28,33H,2-5,10,18-21H2,1H3,(H,34,39)/b13-7-/t22-,24-,27+,28+,32-/m1/s1. The van der Waals surface area contributed by atoms with Gasteiger partial charge < -0.3 is 20.3 Å². The SMILES string of the molecule is CCOC(=O)[C@@]12C[C@H]1/C=C\CCCCC[C@H](Nc1ccccc1)C(=O)N1C[C@H](n3nc4ccccc4n3)C[C@H]1C(=O)N2. The third-order valence-corrected chi connectivity index (χ3v) is 8.64. The summed E-state index contributed by atoms with van der Waals surface area (Å²) < 4.78 is 5.40. The van der Waals surface area contributed by atoms with Crippen LogP contribution < -0.4 is 10.6 Å². The van der Waals surface area contributed by atoms with Gasteiger partial charge in [-0.15, -0.1) is 0 Å². The van der Waals surface area contributed by atoms with E-state index in [0.717, 1.165) is 42.4 Å². The molecule has 0 radical (unpaired) electrons. The Morgan fingerprint density at radius 3 is 2.52 bits per heavy atom. The molecule has 3 aliphatic rings. The molecule has 2 fully saturated rings. The first kappa shape index (κ1) is 27.9. The predicted molar refractivity (Wildman–Crippen MR) is 158 cm³/mol. The summed E-state index contributed by atoms with van der Waals surface area (Å²) in [5.41, 5.74) is 1.28. The number of benzene rings is 2. The fraction of sp³-hybridized carbons (Fsp3) is 0.469. The number of hydrogen-bond donors (Lipinski definition) is 2. The lowest BCUT2D eigenvalue weighted by atomic mass is 10.0. The van der Waals surface area contributed by atoms with Gasteiger partial charge >= 0.3 is 5.97 Å². The van der Waals surface area contributed by atoms with Gasteiger partial charge in [-0.1, -0.05) is 55.3 Å². The van der Waals surface area contributed by atoms with Gasteiger partial charge in [-0.25, -0.2) is 4.79 Å². The molecule has 10 heteroatoms. The fourth-order valence-electron chi connectivity index (χ4n) is 6.27. The number of ether oxygens (including phenoxy) is 1. The van der Waals surface area contributed by atoms with Gasteiger partial charge in [-0.05, 0) is 56.9 Å². The first-order chi connectivity index (χ1) is 20.5. The van der Waals surface area contributed by atoms with E-state index in [1.54, 1.807) is 16.6 Å². The minimum absolute atomic E-state index is 0.127. The number of aromatic nitrogens is 3. The molecule has 1 saturated carbocycles. The molecular weight excluding hydrogens is 532 g/mol. The van der Waals surface area contributed by atoms with Crippen molar-refractivity contribution in [1.29, 1.82) is 0 Å². The van der Waals surface area contributed by atoms with Crippen LogP contribution in [0.25, 0.3) is 11.0 Å². The first-order valence-corrected chi connectivity index (χ1v) is 15.1. The Hall–Kier alpha value is -4.21. The highest BCUT2D eigenvalue weighted by atomic mass is 16.5. The first-order valence-electron chi connectivity index (χ1n) is 15.1. The van der Waals surface area contributed by atoms with Crippen LogP contribution in [0.3, 0.4) is 0 Å². The maximum Gasteiger partial charge on any atom is 0.332 e. The normalized spacial score (nSPS) is 29.0. The van der Waals surface area contributed by atoms with E-state index in [0.29, 0.717) is 25.8 Å². The van der Waals surface area contributed by atoms with E-state index in [1.165, 1.54) is 0 Å². The number of hydrogen-bond acceptors (Lipinski definition) is 7. The molecule has 1 aromatic heterocycles. The molecule has 1 saturated heterocycles. The molecule has 3 aromatic rings. The van der Waals surface area contributed by atoms with Crippen LogP contribution in [0.5, 0.6) is 0 Å². The van der Waals surface area contributed by atoms with Crippen LogP contribution in [0.4, 0.5) is 5.69 Å². The predicted octanol–water partition coefficient (Wildman–Crippen LogP) is 4.01. The number of allylic oxidation sites excluding steroid dienone is 1. The molecule has 2 amide bonds. The Morgan fingerprint density at radius 2 is 1.79 bits per heavy atom. The van der Waals surface area contributed by atoms with Crippen LogP contribution in [0, 0.1) is 5.92 Å². The van der Waals surface area contributed by atoms with Crippen molar-refractivity contribution in [2.45, 2.75) is 75.5 Å². The minimum atomic E-state index is -1.10. The van der Waals surface area contributed by atoms with Crippen LogP contribution >= 0.6 is 0 Å². The molecule has 42 heavy (non-hydrogen) atoms. The van der Waals surface area contributed by atoms with Gasteiger partial charge in [0.25, 0.3) is 0 Å². The number of rotatable bonds is 5. The second kappa shape index (κ2) is 12.0. The molecule has 10 nitrogen and oxygen atoms in total. The highest BCUT2D eigenvalue weighted by Gasteiger charge is 2.62. The smallest absolute Gasteiger partial charge is 0.332 e. The highest BCUT2D eigenvalue weighted by Crippen LogP contribution is 2.46. The van der Waals surface area contributed by atoms with E-state index in [-0.39, 0.29) is 30.4 Å². The lowest BCUT2D eigenvalue weighted by Gasteiger charge is -2.30. The van der Waals surface area contributed by atoms with Gasteiger partial charge in [0.2, 0.25) is 11.8 Å². The molecule has 2 aliphatic heterocycles. The number of nitrogens with zero attached hydrogens (tertiary/aromatic N) is 4. The lowest BCUT2D eigenvalue weighted by Crippen LogP contribution is -2.55. The Bertz CT molecular complexity index is 1440. The summed E-state index contributed by atoms with van der Waals surface area (Å²) in [6.45, 7) is 2.29. The van der Waals surface area contributed by atoms with Crippen molar-refractivity contribution in [3.05, 3.63) is 66.7 Å². The third kappa shape index (κ3) is 5.62. The lowest BCUT2D eigenvalue weighted by molar-refractivity contribution is -0.150. The van der Waals surface area contributed by atoms with Crippen LogP contribution in [-0.2, 0) is 19.1 Å². The topological polar surface area (TPSA) is 118 Å². The Balaban J connectivity index is 1.33. The molecular formula is C32H38N6O4. The molecule has 3 heterocycles. The average molecular weight is 571 g/mol. The number of carbonyl (C=O) groups excluding carboxylic acids is 3. The molecule has 6 rings (SSSR count). The number of anilines is 1. The molecule has 2 aromatic carbocycles. The van der Waals surface area contributed by atoms with Crippen LogP contribution in [0.15, 0.2) is 66.7 Å². The van der Waals surface area contributed by atoms with Crippen LogP contribution in [-0.4, -0.2) is 68.5 Å². The van der Waals surface area contributed by atoms with Crippen LogP contribution in [0.1, 0.15) is 57.9 Å². The average Bonchev–Trinajstić information content (AvgIpc) is 3.32. The number of nitrogens with one attached hydrogen (secondary N) is 2. The van der Waals surface area contributed by atoms with Gasteiger partial charge in [-0.2, -0.15) is 15.0 Å². The Kier molecular flexibility index (Phi) is 7.95. The summed E-state index contributed by atoms with van der Waals surface area (Å²) in [4.78, 5) is 44.8. The summed E-state index contributed by atoms with van der Waals surface area (Å²) in [5, 5.41) is 15.8. The molecule has 0 bridgehead atoms. The monoisotopic (exact) mass is 570 g/mol. The van der Waals surface area contributed by atoms with Gasteiger partial charge in [0.15, 0.2) is 0 Å². The molecule has 2 N–H and O–H groups in total. The number of amides is 2. The maximum absolute atomic E-state index is 14.3. The van der Waals surface area contributed by atoms with Crippen molar-refractivity contribution in [2.75, 3.05) is 18.5 Å². The summed E-state index contributed by atoms with van der Waals surface area (Å²) in [6, 6.07) is 15.7.